The Hall–Kier alpha value is -0.400. The van der Waals surface area contributed by atoms with E-state index < -0.39 is 16.5 Å². The summed E-state index contributed by atoms with van der Waals surface area (Å²) in [7, 11) is -1.16. The molecule has 0 spiro atoms. The molecule has 0 saturated heterocycles. The zero-order valence-electron chi connectivity index (χ0n) is 10.7. The molecule has 0 amide bonds. The molecule has 0 bridgehead atoms. The molecule has 0 heterocycles. The van der Waals surface area contributed by atoms with Crippen molar-refractivity contribution in [1.29, 1.82) is 5.26 Å². The lowest BCUT2D eigenvalue weighted by atomic mass is 9.79. The van der Waals surface area contributed by atoms with Gasteiger partial charge in [-0.05, 0) is 52.4 Å². The second-order valence-electron chi connectivity index (χ2n) is 5.86. The van der Waals surface area contributed by atoms with Crippen molar-refractivity contribution in [2.24, 2.45) is 5.92 Å². The Balaban J connectivity index is 2.70. The molecule has 1 N–H and O–H groups in total. The number of rotatable bonds is 2. The molecule has 92 valence electrons. The van der Waals surface area contributed by atoms with Gasteiger partial charge >= 0.3 is 0 Å². The summed E-state index contributed by atoms with van der Waals surface area (Å²) in [6.07, 6.45) is 3.71. The Morgan fingerprint density at radius 1 is 1.38 bits per heavy atom. The maximum atomic E-state index is 12.0. The van der Waals surface area contributed by atoms with Crippen LogP contribution in [0.1, 0.15) is 53.4 Å². The first-order valence-corrected chi connectivity index (χ1v) is 7.05. The minimum absolute atomic E-state index is 0.313. The molecule has 1 rings (SSSR count). The van der Waals surface area contributed by atoms with Gasteiger partial charge in [0.2, 0.25) is 0 Å². The number of nitriles is 1. The molecule has 1 atom stereocenters. The van der Waals surface area contributed by atoms with E-state index in [1.807, 2.05) is 20.8 Å². The average molecular weight is 242 g/mol. The van der Waals surface area contributed by atoms with E-state index in [2.05, 4.69) is 17.7 Å². The van der Waals surface area contributed by atoms with Gasteiger partial charge in [0.1, 0.15) is 5.54 Å². The molecule has 0 aliphatic heterocycles. The van der Waals surface area contributed by atoms with Gasteiger partial charge < -0.3 is 0 Å². The van der Waals surface area contributed by atoms with Crippen LogP contribution in [0.5, 0.6) is 0 Å². The molecule has 1 aliphatic carbocycles. The Kier molecular flexibility index (Phi) is 4.14. The summed E-state index contributed by atoms with van der Waals surface area (Å²) >= 11 is 0. The van der Waals surface area contributed by atoms with Crippen LogP contribution in [-0.2, 0) is 11.0 Å². The zero-order chi connectivity index (χ0) is 12.4. The third-order valence-electron chi connectivity index (χ3n) is 3.19. The minimum atomic E-state index is -1.16. The highest BCUT2D eigenvalue weighted by molar-refractivity contribution is 7.84. The summed E-state index contributed by atoms with van der Waals surface area (Å²) in [6.45, 7) is 7.98. The van der Waals surface area contributed by atoms with Gasteiger partial charge in [-0.25, -0.2) is 8.93 Å². The smallest absolute Gasteiger partial charge is 0.117 e. The van der Waals surface area contributed by atoms with Gasteiger partial charge in [0, 0.05) is 0 Å². The van der Waals surface area contributed by atoms with Crippen molar-refractivity contribution in [3.05, 3.63) is 0 Å². The Bertz CT molecular complexity index is 306. The first-order chi connectivity index (χ1) is 7.29. The van der Waals surface area contributed by atoms with Gasteiger partial charge in [-0.2, -0.15) is 5.26 Å². The Morgan fingerprint density at radius 2 is 1.88 bits per heavy atom. The predicted molar refractivity (Wildman–Crippen MR) is 67.0 cm³/mol. The molecular weight excluding hydrogens is 220 g/mol. The third-order valence-corrected chi connectivity index (χ3v) is 4.87. The van der Waals surface area contributed by atoms with Gasteiger partial charge in [-0.3, -0.25) is 0 Å². The van der Waals surface area contributed by atoms with Crippen LogP contribution in [0.15, 0.2) is 0 Å². The van der Waals surface area contributed by atoms with Crippen molar-refractivity contribution in [2.45, 2.75) is 63.7 Å². The average Bonchev–Trinajstić information content (AvgIpc) is 2.20. The van der Waals surface area contributed by atoms with Crippen molar-refractivity contribution < 1.29 is 4.21 Å². The third kappa shape index (κ3) is 3.29. The maximum Gasteiger partial charge on any atom is 0.117 e. The highest BCUT2D eigenvalue weighted by Crippen LogP contribution is 2.32. The molecule has 4 heteroatoms. The van der Waals surface area contributed by atoms with Crippen LogP contribution in [-0.4, -0.2) is 14.5 Å². The fourth-order valence-corrected chi connectivity index (χ4v) is 2.73. The van der Waals surface area contributed by atoms with Gasteiger partial charge in [0.25, 0.3) is 0 Å². The molecule has 0 unspecified atom stereocenters. The minimum Gasteiger partial charge on any atom is -0.242 e. The van der Waals surface area contributed by atoms with E-state index in [0.717, 1.165) is 25.7 Å². The van der Waals surface area contributed by atoms with E-state index in [9.17, 15) is 9.47 Å². The van der Waals surface area contributed by atoms with Crippen LogP contribution < -0.4 is 4.72 Å². The summed E-state index contributed by atoms with van der Waals surface area (Å²) in [5, 5.41) is 9.30. The normalized spacial score (nSPS) is 33.1. The van der Waals surface area contributed by atoms with Gasteiger partial charge in [-0.1, -0.05) is 6.92 Å². The highest BCUT2D eigenvalue weighted by atomic mass is 32.2. The predicted octanol–water partition coefficient (Wildman–Crippen LogP) is 2.51. The van der Waals surface area contributed by atoms with Crippen LogP contribution >= 0.6 is 0 Å². The van der Waals surface area contributed by atoms with E-state index in [4.69, 9.17) is 0 Å². The molecule has 16 heavy (non-hydrogen) atoms. The number of nitrogens with one attached hydrogen (secondary N) is 1. The van der Waals surface area contributed by atoms with Crippen LogP contribution in [0, 0.1) is 17.2 Å². The fourth-order valence-electron chi connectivity index (χ4n) is 1.82. The van der Waals surface area contributed by atoms with Crippen molar-refractivity contribution >= 4 is 11.0 Å². The SMILES string of the molecule is CC1CCC(C#N)(N[S@@](=O)C(C)(C)C)CC1. The lowest BCUT2D eigenvalue weighted by Crippen LogP contribution is -2.51. The Labute approximate surface area is 101 Å². The monoisotopic (exact) mass is 242 g/mol. The molecule has 1 aliphatic rings. The molecule has 0 aromatic rings. The van der Waals surface area contributed by atoms with E-state index in [-0.39, 0.29) is 4.75 Å². The summed E-state index contributed by atoms with van der Waals surface area (Å²) < 4.78 is 14.8. The van der Waals surface area contributed by atoms with Crippen molar-refractivity contribution in [3.63, 3.8) is 0 Å². The largest absolute Gasteiger partial charge is 0.242 e. The van der Waals surface area contributed by atoms with Crippen molar-refractivity contribution in [3.8, 4) is 6.07 Å². The lowest BCUT2D eigenvalue weighted by molar-refractivity contribution is 0.279. The van der Waals surface area contributed by atoms with Crippen LogP contribution in [0.25, 0.3) is 0 Å². The van der Waals surface area contributed by atoms with Crippen LogP contribution in [0.3, 0.4) is 0 Å². The quantitative estimate of drug-likeness (QED) is 0.809. The molecule has 0 aromatic carbocycles. The number of hydrogen-bond acceptors (Lipinski definition) is 2. The van der Waals surface area contributed by atoms with Crippen LogP contribution in [0.2, 0.25) is 0 Å². The van der Waals surface area contributed by atoms with Gasteiger partial charge in [0.15, 0.2) is 0 Å². The second-order valence-corrected chi connectivity index (χ2v) is 7.83. The maximum absolute atomic E-state index is 12.0. The lowest BCUT2D eigenvalue weighted by Gasteiger charge is -2.35. The zero-order valence-corrected chi connectivity index (χ0v) is 11.5. The standard InChI is InChI=1S/C12H22N2OS/c1-10-5-7-12(9-13,8-6-10)14-16(15)11(2,3)4/h10,14H,5-8H2,1-4H3/t10?,12?,16-/m0/s1. The Morgan fingerprint density at radius 3 is 2.25 bits per heavy atom. The van der Waals surface area contributed by atoms with E-state index in [1.54, 1.807) is 0 Å². The van der Waals surface area contributed by atoms with Gasteiger partial charge in [-0.15, -0.1) is 0 Å². The fraction of sp³-hybridized carbons (Fsp3) is 0.917. The topological polar surface area (TPSA) is 52.9 Å². The van der Waals surface area contributed by atoms with Crippen LogP contribution in [0.4, 0.5) is 0 Å². The summed E-state index contributed by atoms with van der Waals surface area (Å²) in [5.74, 6) is 0.686. The van der Waals surface area contributed by atoms with E-state index >= 15 is 0 Å². The van der Waals surface area contributed by atoms with Gasteiger partial charge in [0.05, 0.1) is 21.8 Å². The second kappa shape index (κ2) is 4.85. The first-order valence-electron chi connectivity index (χ1n) is 5.90. The molecule has 1 fully saturated rings. The van der Waals surface area contributed by atoms with Crippen molar-refractivity contribution in [2.75, 3.05) is 0 Å². The number of hydrogen-bond donors (Lipinski definition) is 1. The summed E-state index contributed by atoms with van der Waals surface area (Å²) in [5.41, 5.74) is -0.565. The van der Waals surface area contributed by atoms with Crippen molar-refractivity contribution in [1.82, 2.24) is 4.72 Å². The first kappa shape index (κ1) is 13.7. The number of nitrogens with zero attached hydrogens (tertiary/aromatic N) is 1. The molecule has 1 saturated carbocycles. The molecule has 0 radical (unpaired) electrons. The molecule has 3 nitrogen and oxygen atoms in total. The highest BCUT2D eigenvalue weighted by Gasteiger charge is 2.37. The van der Waals surface area contributed by atoms with E-state index in [1.165, 1.54) is 0 Å². The molecular formula is C12H22N2OS. The summed E-state index contributed by atoms with van der Waals surface area (Å²) in [6, 6.07) is 2.34. The summed E-state index contributed by atoms with van der Waals surface area (Å²) in [4.78, 5) is 0. The molecule has 0 aromatic heterocycles. The van der Waals surface area contributed by atoms with E-state index in [0.29, 0.717) is 5.92 Å².